The van der Waals surface area contributed by atoms with Gasteiger partial charge in [-0.25, -0.2) is 0 Å². The largest absolute Gasteiger partial charge is 0.0584 e. The van der Waals surface area contributed by atoms with Gasteiger partial charge < -0.3 is 0 Å². The Balaban J connectivity index is 1.00. The highest BCUT2D eigenvalue weighted by atomic mass is 14.3. The van der Waals surface area contributed by atoms with Gasteiger partial charge in [-0.05, 0) is 148 Å². The van der Waals surface area contributed by atoms with Crippen molar-refractivity contribution in [2.24, 2.45) is 0 Å². The van der Waals surface area contributed by atoms with Gasteiger partial charge in [0.15, 0.2) is 0 Å². The van der Waals surface area contributed by atoms with Gasteiger partial charge in [-0.3, -0.25) is 0 Å². The van der Waals surface area contributed by atoms with Crippen molar-refractivity contribution in [2.75, 3.05) is 0 Å². The molecular formula is C60H66. The average molecular weight is 787 g/mol. The van der Waals surface area contributed by atoms with Crippen LogP contribution in [-0.2, 0) is 47.3 Å². The van der Waals surface area contributed by atoms with Crippen LogP contribution in [0.1, 0.15) is 150 Å². The molecule has 60 heavy (non-hydrogen) atoms. The Kier molecular flexibility index (Phi) is 10.6. The van der Waals surface area contributed by atoms with Crippen LogP contribution in [0.2, 0.25) is 0 Å². The van der Waals surface area contributed by atoms with E-state index in [0.29, 0.717) is 0 Å². The van der Waals surface area contributed by atoms with Crippen molar-refractivity contribution in [3.05, 3.63) is 188 Å². The van der Waals surface area contributed by atoms with Crippen LogP contribution in [0, 0.1) is 0 Å². The second kappa shape index (κ2) is 15.4. The lowest BCUT2D eigenvalue weighted by atomic mass is 9.76. The highest BCUT2D eigenvalue weighted by molar-refractivity contribution is 5.95. The van der Waals surface area contributed by atoms with E-state index in [0.717, 1.165) is 25.7 Å². The number of aryl methyl sites for hydroxylation is 2. The van der Waals surface area contributed by atoms with E-state index in [1.54, 1.807) is 0 Å². The molecule has 0 saturated carbocycles. The predicted octanol–water partition coefficient (Wildman–Crippen LogP) is 16.2. The van der Waals surface area contributed by atoms with E-state index in [1.807, 2.05) is 0 Å². The molecular weight excluding hydrogens is 721 g/mol. The van der Waals surface area contributed by atoms with E-state index in [1.165, 1.54) is 100 Å². The number of hydrogen-bond donors (Lipinski definition) is 0. The highest BCUT2D eigenvalue weighted by Gasteiger charge is 2.26. The van der Waals surface area contributed by atoms with E-state index in [9.17, 15) is 0 Å². The van der Waals surface area contributed by atoms with Gasteiger partial charge in [0, 0.05) is 0 Å². The fourth-order valence-corrected chi connectivity index (χ4v) is 9.01. The van der Waals surface area contributed by atoms with Gasteiger partial charge in [0.2, 0.25) is 0 Å². The van der Waals surface area contributed by atoms with Crippen molar-refractivity contribution in [1.29, 1.82) is 0 Å². The normalized spacial score (nSPS) is 14.8. The minimum atomic E-state index is 0.0920. The quantitative estimate of drug-likeness (QED) is 0.163. The first kappa shape index (κ1) is 41.5. The molecule has 0 saturated heterocycles. The first-order valence-corrected chi connectivity index (χ1v) is 22.4. The third-order valence-corrected chi connectivity index (χ3v) is 13.1. The summed E-state index contributed by atoms with van der Waals surface area (Å²) in [5.74, 6) is 0. The summed E-state index contributed by atoms with van der Waals surface area (Å²) in [6.07, 6.45) is 8.79. The second-order valence-electron chi connectivity index (χ2n) is 21.9. The van der Waals surface area contributed by atoms with Gasteiger partial charge in [-0.1, -0.05) is 217 Å². The maximum atomic E-state index is 2.46. The molecule has 0 aromatic heterocycles. The number of rotatable bonds is 5. The molecule has 0 radical (unpaired) electrons. The minimum Gasteiger partial charge on any atom is -0.0584 e. The van der Waals surface area contributed by atoms with E-state index in [4.69, 9.17) is 0 Å². The van der Waals surface area contributed by atoms with Gasteiger partial charge >= 0.3 is 0 Å². The number of allylic oxidation sites excluding steroid dienone is 2. The second-order valence-corrected chi connectivity index (χ2v) is 21.9. The zero-order valence-electron chi connectivity index (χ0n) is 38.5. The van der Waals surface area contributed by atoms with Crippen LogP contribution in [0.15, 0.2) is 121 Å². The summed E-state index contributed by atoms with van der Waals surface area (Å²) in [6, 6.07) is 47.4. The lowest BCUT2D eigenvalue weighted by molar-refractivity contribution is 0.589. The molecule has 0 bridgehead atoms. The first-order valence-electron chi connectivity index (χ1n) is 22.4. The summed E-state index contributed by atoms with van der Waals surface area (Å²) >= 11 is 0. The van der Waals surface area contributed by atoms with Crippen molar-refractivity contribution in [1.82, 2.24) is 0 Å². The molecule has 6 aromatic carbocycles. The molecule has 0 N–H and O–H groups in total. The molecule has 0 amide bonds. The Labute approximate surface area is 362 Å². The van der Waals surface area contributed by atoms with Crippen LogP contribution in [-0.4, -0.2) is 0 Å². The highest BCUT2D eigenvalue weighted by Crippen LogP contribution is 2.44. The summed E-state index contributed by atoms with van der Waals surface area (Å²) in [5.41, 5.74) is 25.1. The van der Waals surface area contributed by atoms with Gasteiger partial charge in [0.05, 0.1) is 0 Å². The van der Waals surface area contributed by atoms with Gasteiger partial charge in [-0.2, -0.15) is 0 Å². The summed E-state index contributed by atoms with van der Waals surface area (Å²) in [6.45, 7) is 27.8. The topological polar surface area (TPSA) is 0 Å². The van der Waals surface area contributed by atoms with Crippen LogP contribution >= 0.6 is 0 Å². The van der Waals surface area contributed by atoms with Crippen molar-refractivity contribution < 1.29 is 0 Å². The lowest BCUT2D eigenvalue weighted by Crippen LogP contribution is -2.14. The maximum Gasteiger partial charge on any atom is -0.00132 e. The molecule has 0 atom stereocenters. The monoisotopic (exact) mass is 787 g/mol. The fourth-order valence-electron chi connectivity index (χ4n) is 9.01. The maximum absolute atomic E-state index is 2.46. The van der Waals surface area contributed by atoms with E-state index in [-0.39, 0.29) is 21.7 Å². The van der Waals surface area contributed by atoms with Crippen LogP contribution in [0.5, 0.6) is 0 Å². The van der Waals surface area contributed by atoms with Crippen molar-refractivity contribution in [3.63, 3.8) is 0 Å². The fraction of sp³-hybridized carbons (Fsp3) is 0.333. The molecule has 0 unspecified atom stereocenters. The molecule has 0 spiro atoms. The molecule has 0 heterocycles. The van der Waals surface area contributed by atoms with Gasteiger partial charge in [0.25, 0.3) is 0 Å². The average Bonchev–Trinajstić information content (AvgIpc) is 3.35. The minimum absolute atomic E-state index is 0.0920. The zero-order chi connectivity index (χ0) is 42.8. The Bertz CT molecular complexity index is 2630. The molecule has 0 heteroatoms. The Morgan fingerprint density at radius 1 is 0.400 bits per heavy atom. The summed E-state index contributed by atoms with van der Waals surface area (Å²) < 4.78 is 0. The zero-order valence-corrected chi connectivity index (χ0v) is 38.5. The molecule has 306 valence electrons. The number of benzene rings is 6. The molecule has 8 rings (SSSR count). The number of hydrogen-bond acceptors (Lipinski definition) is 0. The molecule has 2 aliphatic rings. The third kappa shape index (κ3) is 8.67. The van der Waals surface area contributed by atoms with Crippen molar-refractivity contribution >= 4 is 23.3 Å². The van der Waals surface area contributed by atoms with E-state index in [2.05, 4.69) is 217 Å². The summed E-state index contributed by atoms with van der Waals surface area (Å²) in [7, 11) is 0. The van der Waals surface area contributed by atoms with Crippen LogP contribution < -0.4 is 0 Å². The smallest absolute Gasteiger partial charge is 0.00132 e. The van der Waals surface area contributed by atoms with Gasteiger partial charge in [0.1, 0.15) is 0 Å². The third-order valence-electron chi connectivity index (χ3n) is 13.1. The SMILES string of the molecule is CC(C)(C)c1ccc2c(c1)-c1cc(C(C)(C)C)ccc1CC(c1ccc(CCc3ccc(/C=C4/Cc5ccc(C(C)(C)C)cc5-c5cc(C(C)(C)C)ccc54)cc3)cc1)=C2. The van der Waals surface area contributed by atoms with Crippen LogP contribution in [0.3, 0.4) is 0 Å². The first-order chi connectivity index (χ1) is 28.2. The van der Waals surface area contributed by atoms with Crippen LogP contribution in [0.25, 0.3) is 45.6 Å². The van der Waals surface area contributed by atoms with Crippen molar-refractivity contribution in [2.45, 2.75) is 130 Å². The molecule has 0 nitrogen and oxygen atoms in total. The van der Waals surface area contributed by atoms with E-state index >= 15 is 0 Å². The number of fused-ring (bicyclic) bond motifs is 6. The van der Waals surface area contributed by atoms with Gasteiger partial charge in [-0.15, -0.1) is 0 Å². The summed E-state index contributed by atoms with van der Waals surface area (Å²) in [4.78, 5) is 0. The summed E-state index contributed by atoms with van der Waals surface area (Å²) in [5, 5.41) is 0. The molecule has 0 aliphatic heterocycles. The predicted molar refractivity (Wildman–Crippen MR) is 262 cm³/mol. The van der Waals surface area contributed by atoms with E-state index < -0.39 is 0 Å². The lowest BCUT2D eigenvalue weighted by Gasteiger charge is -2.29. The molecule has 0 fully saturated rings. The standard InChI is InChI=1S/C60H66/c1-57(2,3)48-26-23-43-32-46(33-44-24-27-49(58(4,5)6)36-54(44)53(43)35-48)42-21-19-40(20-22-42)14-13-39-15-17-41(18-16-39)31-47-34-45-25-28-50(59(7,8)9)37-55(45)56-38-51(60(10,11)12)29-30-52(47)56/h15-32,35-38H,13-14,33-34H2,1-12H3/b47-31-. The van der Waals surface area contributed by atoms with Crippen LogP contribution in [0.4, 0.5) is 0 Å². The molecule has 2 aliphatic carbocycles. The Morgan fingerprint density at radius 3 is 1.37 bits per heavy atom. The molecule has 6 aromatic rings. The Morgan fingerprint density at radius 2 is 0.833 bits per heavy atom. The van der Waals surface area contributed by atoms with Crippen molar-refractivity contribution in [3.8, 4) is 22.3 Å². The Hall–Kier alpha value is -5.20.